The van der Waals surface area contributed by atoms with Crippen LogP contribution in [0.1, 0.15) is 29.8 Å². The van der Waals surface area contributed by atoms with Crippen LogP contribution in [0.25, 0.3) is 10.2 Å². The van der Waals surface area contributed by atoms with Crippen LogP contribution in [0.15, 0.2) is 30.3 Å². The molecule has 0 N–H and O–H groups in total. The summed E-state index contributed by atoms with van der Waals surface area (Å²) >= 11 is 1.36. The van der Waals surface area contributed by atoms with Crippen LogP contribution < -0.4 is 9.64 Å². The van der Waals surface area contributed by atoms with E-state index in [-0.39, 0.29) is 5.56 Å². The lowest BCUT2D eigenvalue weighted by Gasteiger charge is -2.24. The number of fused-ring (bicyclic) bond motifs is 1. The number of hydrogen-bond acceptors (Lipinski definition) is 5. The van der Waals surface area contributed by atoms with Crippen molar-refractivity contribution in [2.75, 3.05) is 38.2 Å². The van der Waals surface area contributed by atoms with Gasteiger partial charge >= 0.3 is 0 Å². The second kappa shape index (κ2) is 9.49. The molecule has 0 atom stereocenters. The SMILES string of the molecule is CCN(CC)CCN(C(=O)c1ccc(F)cc1F)c1nc2c(OC)ccc(C)c2s1. The molecule has 3 rings (SSSR count). The van der Waals surface area contributed by atoms with Crippen molar-refractivity contribution in [3.63, 3.8) is 0 Å². The van der Waals surface area contributed by atoms with E-state index in [4.69, 9.17) is 4.74 Å². The van der Waals surface area contributed by atoms with Gasteiger partial charge in [-0.05, 0) is 43.8 Å². The van der Waals surface area contributed by atoms with E-state index < -0.39 is 17.5 Å². The molecule has 1 heterocycles. The van der Waals surface area contributed by atoms with Gasteiger partial charge in [0.25, 0.3) is 5.91 Å². The molecule has 8 heteroatoms. The number of aryl methyl sites for hydroxylation is 1. The van der Waals surface area contributed by atoms with Gasteiger partial charge in [0.15, 0.2) is 5.13 Å². The van der Waals surface area contributed by atoms with Crippen molar-refractivity contribution in [3.05, 3.63) is 53.1 Å². The molecule has 0 aliphatic carbocycles. The first-order chi connectivity index (χ1) is 14.4. The number of rotatable bonds is 8. The van der Waals surface area contributed by atoms with Gasteiger partial charge in [-0.1, -0.05) is 31.3 Å². The molecule has 30 heavy (non-hydrogen) atoms. The number of carbonyl (C=O) groups excluding carboxylic acids is 1. The van der Waals surface area contributed by atoms with E-state index in [1.165, 1.54) is 22.3 Å². The minimum atomic E-state index is -0.886. The molecule has 0 aliphatic rings. The van der Waals surface area contributed by atoms with Crippen LogP contribution in [0.5, 0.6) is 5.75 Å². The van der Waals surface area contributed by atoms with E-state index in [9.17, 15) is 13.6 Å². The Morgan fingerprint density at radius 2 is 1.87 bits per heavy atom. The van der Waals surface area contributed by atoms with E-state index in [2.05, 4.69) is 9.88 Å². The van der Waals surface area contributed by atoms with Crippen molar-refractivity contribution in [1.82, 2.24) is 9.88 Å². The van der Waals surface area contributed by atoms with Crippen molar-refractivity contribution in [2.45, 2.75) is 20.8 Å². The molecule has 1 aromatic heterocycles. The van der Waals surface area contributed by atoms with Crippen LogP contribution in [0.4, 0.5) is 13.9 Å². The van der Waals surface area contributed by atoms with Gasteiger partial charge in [0.1, 0.15) is 22.9 Å². The number of thiazole rings is 1. The molecular weight excluding hydrogens is 408 g/mol. The molecule has 1 amide bonds. The Balaban J connectivity index is 2.06. The summed E-state index contributed by atoms with van der Waals surface area (Å²) in [4.78, 5) is 21.6. The number of methoxy groups -OCH3 is 1. The topological polar surface area (TPSA) is 45.7 Å². The van der Waals surface area contributed by atoms with Gasteiger partial charge in [-0.15, -0.1) is 0 Å². The zero-order chi connectivity index (χ0) is 21.8. The number of amides is 1. The lowest BCUT2D eigenvalue weighted by molar-refractivity contribution is 0.0980. The molecule has 0 spiro atoms. The lowest BCUT2D eigenvalue weighted by atomic mass is 10.2. The molecule has 0 fully saturated rings. The van der Waals surface area contributed by atoms with Crippen LogP contribution >= 0.6 is 11.3 Å². The van der Waals surface area contributed by atoms with Gasteiger partial charge in [-0.3, -0.25) is 9.69 Å². The normalized spacial score (nSPS) is 11.3. The molecule has 3 aromatic rings. The van der Waals surface area contributed by atoms with Crippen LogP contribution in [-0.2, 0) is 0 Å². The molecule has 160 valence electrons. The van der Waals surface area contributed by atoms with Gasteiger partial charge in [-0.25, -0.2) is 13.8 Å². The van der Waals surface area contributed by atoms with Crippen molar-refractivity contribution >= 4 is 32.6 Å². The molecule has 2 aromatic carbocycles. The van der Waals surface area contributed by atoms with Crippen LogP contribution in [0.3, 0.4) is 0 Å². The highest BCUT2D eigenvalue weighted by Crippen LogP contribution is 2.37. The third kappa shape index (κ3) is 4.44. The standard InChI is InChI=1S/C22H25F2N3O2S/c1-5-26(6-2)11-12-27(21(28)16-9-8-15(23)13-17(16)24)22-25-19-18(29-4)10-7-14(3)20(19)30-22/h7-10,13H,5-6,11-12H2,1-4H3. The summed E-state index contributed by atoms with van der Waals surface area (Å²) in [6.45, 7) is 8.65. The summed E-state index contributed by atoms with van der Waals surface area (Å²) < 4.78 is 34.0. The van der Waals surface area contributed by atoms with Crippen LogP contribution in [0.2, 0.25) is 0 Å². The first kappa shape index (κ1) is 22.1. The second-order valence-electron chi connectivity index (χ2n) is 6.87. The minimum Gasteiger partial charge on any atom is -0.494 e. The zero-order valence-electron chi connectivity index (χ0n) is 17.5. The quantitative estimate of drug-likeness (QED) is 0.508. The summed E-state index contributed by atoms with van der Waals surface area (Å²) in [6.07, 6.45) is 0. The number of anilines is 1. The first-order valence-corrected chi connectivity index (χ1v) is 10.6. The Morgan fingerprint density at radius 3 is 2.50 bits per heavy atom. The third-order valence-electron chi connectivity index (χ3n) is 5.08. The number of halogens is 2. The zero-order valence-corrected chi connectivity index (χ0v) is 18.4. The number of aromatic nitrogens is 1. The highest BCUT2D eigenvalue weighted by molar-refractivity contribution is 7.22. The summed E-state index contributed by atoms with van der Waals surface area (Å²) in [5, 5.41) is 0.457. The highest BCUT2D eigenvalue weighted by atomic mass is 32.1. The molecule has 0 unspecified atom stereocenters. The molecule has 0 aliphatic heterocycles. The number of likely N-dealkylation sites (N-methyl/N-ethyl adjacent to an activating group) is 1. The highest BCUT2D eigenvalue weighted by Gasteiger charge is 2.25. The maximum absolute atomic E-state index is 14.4. The first-order valence-electron chi connectivity index (χ1n) is 9.82. The van der Waals surface area contributed by atoms with Crippen molar-refractivity contribution in [3.8, 4) is 5.75 Å². The number of carbonyl (C=O) groups is 1. The van der Waals surface area contributed by atoms with E-state index in [1.54, 1.807) is 7.11 Å². The van der Waals surface area contributed by atoms with Gasteiger partial charge in [0.05, 0.1) is 17.4 Å². The van der Waals surface area contributed by atoms with E-state index >= 15 is 0 Å². The minimum absolute atomic E-state index is 0.182. The molecule has 0 radical (unpaired) electrons. The summed E-state index contributed by atoms with van der Waals surface area (Å²) in [5.74, 6) is -1.54. The molecule has 0 saturated carbocycles. The summed E-state index contributed by atoms with van der Waals surface area (Å²) in [6, 6.07) is 6.76. The van der Waals surface area contributed by atoms with E-state index in [1.807, 2.05) is 32.9 Å². The lowest BCUT2D eigenvalue weighted by Crippen LogP contribution is -2.39. The average Bonchev–Trinajstić information content (AvgIpc) is 3.17. The molecule has 0 saturated heterocycles. The van der Waals surface area contributed by atoms with E-state index in [0.29, 0.717) is 29.5 Å². The van der Waals surface area contributed by atoms with Crippen molar-refractivity contribution in [1.29, 1.82) is 0 Å². The maximum atomic E-state index is 14.4. The van der Waals surface area contributed by atoms with Crippen molar-refractivity contribution in [2.24, 2.45) is 0 Å². The smallest absolute Gasteiger partial charge is 0.263 e. The number of nitrogens with zero attached hydrogens (tertiary/aromatic N) is 3. The predicted molar refractivity (Wildman–Crippen MR) is 117 cm³/mol. The molecular formula is C22H25F2N3O2S. The van der Waals surface area contributed by atoms with E-state index in [0.717, 1.165) is 35.5 Å². The summed E-state index contributed by atoms with van der Waals surface area (Å²) in [7, 11) is 1.57. The molecule has 5 nitrogen and oxygen atoms in total. The van der Waals surface area contributed by atoms with Gasteiger partial charge in [0, 0.05) is 19.2 Å². The maximum Gasteiger partial charge on any atom is 0.263 e. The fourth-order valence-electron chi connectivity index (χ4n) is 3.25. The predicted octanol–water partition coefficient (Wildman–Crippen LogP) is 4.88. The Kier molecular flexibility index (Phi) is 6.99. The van der Waals surface area contributed by atoms with Gasteiger partial charge < -0.3 is 9.64 Å². The Bertz CT molecular complexity index is 1050. The second-order valence-corrected chi connectivity index (χ2v) is 7.84. The number of ether oxygens (including phenoxy) is 1. The fraction of sp³-hybridized carbons (Fsp3) is 0.364. The van der Waals surface area contributed by atoms with Gasteiger partial charge in [0.2, 0.25) is 0 Å². The number of hydrogen-bond donors (Lipinski definition) is 0. The van der Waals surface area contributed by atoms with Gasteiger partial charge in [-0.2, -0.15) is 0 Å². The molecule has 0 bridgehead atoms. The summed E-state index contributed by atoms with van der Waals surface area (Å²) in [5.41, 5.74) is 1.50. The fourth-order valence-corrected chi connectivity index (χ4v) is 4.33. The monoisotopic (exact) mass is 433 g/mol. The Hall–Kier alpha value is -2.58. The average molecular weight is 434 g/mol. The Morgan fingerprint density at radius 1 is 1.13 bits per heavy atom. The van der Waals surface area contributed by atoms with Crippen molar-refractivity contribution < 1.29 is 18.3 Å². The number of benzene rings is 2. The van der Waals surface area contributed by atoms with Crippen LogP contribution in [-0.4, -0.2) is 49.1 Å². The third-order valence-corrected chi connectivity index (χ3v) is 6.30. The Labute approximate surface area is 178 Å². The largest absolute Gasteiger partial charge is 0.494 e. The van der Waals surface area contributed by atoms with Crippen LogP contribution in [0, 0.1) is 18.6 Å².